The van der Waals surface area contributed by atoms with Gasteiger partial charge in [0.05, 0.1) is 52.7 Å². The maximum absolute atomic E-state index is 11.5. The summed E-state index contributed by atoms with van der Waals surface area (Å²) in [6.45, 7) is 12.3. The highest BCUT2D eigenvalue weighted by atomic mass is 16.6. The molecule has 6 heteroatoms. The van der Waals surface area contributed by atoms with E-state index in [1.807, 2.05) is 20.8 Å². The number of carbonyl (C=O) groups excluding carboxylic acids is 1. The van der Waals surface area contributed by atoms with E-state index in [1.165, 1.54) is 57.8 Å². The van der Waals surface area contributed by atoms with E-state index in [4.69, 9.17) is 23.7 Å². The SMILES string of the molecule is CCCCCCCCCCCCOCCOCCOCCOCCC(=O)OC(C)(C)C. The van der Waals surface area contributed by atoms with Gasteiger partial charge in [0.1, 0.15) is 5.60 Å². The van der Waals surface area contributed by atoms with Crippen molar-refractivity contribution < 1.29 is 28.5 Å². The summed E-state index contributed by atoms with van der Waals surface area (Å²) in [5.74, 6) is -0.239. The minimum absolute atomic E-state index is 0.239. The third-order valence-electron chi connectivity index (χ3n) is 4.63. The van der Waals surface area contributed by atoms with Gasteiger partial charge in [-0.1, -0.05) is 64.7 Å². The molecular weight excluding hydrogens is 396 g/mol. The summed E-state index contributed by atoms with van der Waals surface area (Å²) < 4.78 is 27.1. The molecule has 0 saturated heterocycles. The fraction of sp³-hybridized carbons (Fsp3) is 0.960. The van der Waals surface area contributed by atoms with Gasteiger partial charge in [-0.25, -0.2) is 0 Å². The van der Waals surface area contributed by atoms with Crippen molar-refractivity contribution in [2.24, 2.45) is 0 Å². The van der Waals surface area contributed by atoms with E-state index >= 15 is 0 Å². The van der Waals surface area contributed by atoms with Crippen LogP contribution in [-0.4, -0.2) is 64.4 Å². The normalized spacial score (nSPS) is 11.7. The van der Waals surface area contributed by atoms with Crippen LogP contribution in [0.1, 0.15) is 98.3 Å². The first-order valence-corrected chi connectivity index (χ1v) is 12.5. The molecule has 0 N–H and O–H groups in total. The lowest BCUT2D eigenvalue weighted by molar-refractivity contribution is -0.156. The van der Waals surface area contributed by atoms with E-state index in [-0.39, 0.29) is 12.4 Å². The first kappa shape index (κ1) is 30.3. The molecule has 0 aromatic carbocycles. The van der Waals surface area contributed by atoms with Crippen molar-refractivity contribution in [1.29, 1.82) is 0 Å². The second kappa shape index (κ2) is 22.5. The molecule has 0 spiro atoms. The Bertz CT molecular complexity index is 381. The summed E-state index contributed by atoms with van der Waals surface area (Å²) in [4.78, 5) is 11.5. The third-order valence-corrected chi connectivity index (χ3v) is 4.63. The Morgan fingerprint density at radius 3 is 1.39 bits per heavy atom. The largest absolute Gasteiger partial charge is 0.460 e. The zero-order valence-electron chi connectivity index (χ0n) is 20.9. The molecule has 0 aliphatic heterocycles. The molecule has 0 aromatic rings. The lowest BCUT2D eigenvalue weighted by atomic mass is 10.1. The number of esters is 1. The van der Waals surface area contributed by atoms with Gasteiger partial charge in [-0.05, 0) is 27.2 Å². The summed E-state index contributed by atoms with van der Waals surface area (Å²) in [7, 11) is 0. The van der Waals surface area contributed by atoms with Crippen molar-refractivity contribution in [3.05, 3.63) is 0 Å². The average molecular weight is 447 g/mol. The Labute approximate surface area is 191 Å². The Morgan fingerprint density at radius 1 is 0.548 bits per heavy atom. The fourth-order valence-corrected chi connectivity index (χ4v) is 3.00. The van der Waals surface area contributed by atoms with Gasteiger partial charge in [0, 0.05) is 6.61 Å². The maximum atomic E-state index is 11.5. The van der Waals surface area contributed by atoms with Gasteiger partial charge in [-0.2, -0.15) is 0 Å². The minimum Gasteiger partial charge on any atom is -0.460 e. The number of rotatable bonds is 23. The van der Waals surface area contributed by atoms with Gasteiger partial charge in [-0.3, -0.25) is 4.79 Å². The van der Waals surface area contributed by atoms with Crippen LogP contribution in [0.2, 0.25) is 0 Å². The van der Waals surface area contributed by atoms with Crippen molar-refractivity contribution in [2.75, 3.05) is 52.9 Å². The van der Waals surface area contributed by atoms with Crippen molar-refractivity contribution in [3.63, 3.8) is 0 Å². The molecule has 6 nitrogen and oxygen atoms in total. The van der Waals surface area contributed by atoms with Crippen molar-refractivity contribution in [2.45, 2.75) is 104 Å². The lowest BCUT2D eigenvalue weighted by Gasteiger charge is -2.19. The molecule has 0 bridgehead atoms. The molecule has 0 unspecified atom stereocenters. The highest BCUT2D eigenvalue weighted by Crippen LogP contribution is 2.10. The summed E-state index contributed by atoms with van der Waals surface area (Å²) in [6.07, 6.45) is 13.7. The molecular formula is C25H50O6. The molecule has 0 amide bonds. The van der Waals surface area contributed by atoms with Gasteiger partial charge < -0.3 is 23.7 Å². The Hall–Kier alpha value is -0.690. The molecule has 0 radical (unpaired) electrons. The summed E-state index contributed by atoms with van der Waals surface area (Å²) >= 11 is 0. The van der Waals surface area contributed by atoms with Crippen LogP contribution in [0.25, 0.3) is 0 Å². The first-order valence-electron chi connectivity index (χ1n) is 12.5. The second-order valence-electron chi connectivity index (χ2n) is 8.97. The van der Waals surface area contributed by atoms with Gasteiger partial charge in [-0.15, -0.1) is 0 Å². The second-order valence-corrected chi connectivity index (χ2v) is 8.97. The van der Waals surface area contributed by atoms with Crippen LogP contribution in [0.15, 0.2) is 0 Å². The molecule has 0 rings (SSSR count). The van der Waals surface area contributed by atoms with Crippen LogP contribution in [0.5, 0.6) is 0 Å². The van der Waals surface area contributed by atoms with Gasteiger partial charge in [0.25, 0.3) is 0 Å². The number of carbonyl (C=O) groups is 1. The molecule has 0 atom stereocenters. The summed E-state index contributed by atoms with van der Waals surface area (Å²) in [5.41, 5.74) is -0.446. The molecule has 0 aliphatic rings. The van der Waals surface area contributed by atoms with Crippen LogP contribution in [0, 0.1) is 0 Å². The van der Waals surface area contributed by atoms with E-state index < -0.39 is 5.60 Å². The topological polar surface area (TPSA) is 63.2 Å². The Morgan fingerprint density at radius 2 is 0.935 bits per heavy atom. The third kappa shape index (κ3) is 27.3. The number of ether oxygens (including phenoxy) is 5. The molecule has 0 heterocycles. The van der Waals surface area contributed by atoms with Crippen LogP contribution in [-0.2, 0) is 28.5 Å². The molecule has 0 aliphatic carbocycles. The van der Waals surface area contributed by atoms with Crippen molar-refractivity contribution in [3.8, 4) is 0 Å². The fourth-order valence-electron chi connectivity index (χ4n) is 3.00. The summed E-state index contributed by atoms with van der Waals surface area (Å²) in [6, 6.07) is 0. The van der Waals surface area contributed by atoms with Crippen LogP contribution in [0.3, 0.4) is 0 Å². The molecule has 31 heavy (non-hydrogen) atoms. The smallest absolute Gasteiger partial charge is 0.308 e. The number of unbranched alkanes of at least 4 members (excludes halogenated alkanes) is 9. The van der Waals surface area contributed by atoms with E-state index in [0.717, 1.165) is 13.0 Å². The van der Waals surface area contributed by atoms with Crippen LogP contribution < -0.4 is 0 Å². The van der Waals surface area contributed by atoms with E-state index in [9.17, 15) is 4.79 Å². The van der Waals surface area contributed by atoms with E-state index in [0.29, 0.717) is 46.2 Å². The van der Waals surface area contributed by atoms with Gasteiger partial charge in [0.15, 0.2) is 0 Å². The molecule has 0 fully saturated rings. The Kier molecular flexibility index (Phi) is 22.0. The van der Waals surface area contributed by atoms with Crippen LogP contribution >= 0.6 is 0 Å². The highest BCUT2D eigenvalue weighted by molar-refractivity contribution is 5.69. The predicted octanol–water partition coefficient (Wildman–Crippen LogP) is 5.71. The van der Waals surface area contributed by atoms with Gasteiger partial charge >= 0.3 is 5.97 Å². The van der Waals surface area contributed by atoms with E-state index in [1.54, 1.807) is 0 Å². The standard InChI is InChI=1S/C25H50O6/c1-5-6-7-8-9-10-11-12-13-14-16-27-18-20-29-22-23-30-21-19-28-17-15-24(26)31-25(2,3)4/h5-23H2,1-4H3. The zero-order chi connectivity index (χ0) is 23.0. The monoisotopic (exact) mass is 446 g/mol. The number of hydrogen-bond donors (Lipinski definition) is 0. The average Bonchev–Trinajstić information content (AvgIpc) is 2.70. The van der Waals surface area contributed by atoms with Crippen molar-refractivity contribution >= 4 is 5.97 Å². The highest BCUT2D eigenvalue weighted by Gasteiger charge is 2.15. The van der Waals surface area contributed by atoms with Gasteiger partial charge in [0.2, 0.25) is 0 Å². The van der Waals surface area contributed by atoms with E-state index in [2.05, 4.69) is 6.92 Å². The quantitative estimate of drug-likeness (QED) is 0.148. The Balaban J connectivity index is 3.10. The minimum atomic E-state index is -0.446. The molecule has 0 aromatic heterocycles. The molecule has 186 valence electrons. The molecule has 0 saturated carbocycles. The maximum Gasteiger partial charge on any atom is 0.308 e. The first-order chi connectivity index (χ1) is 15.0. The zero-order valence-corrected chi connectivity index (χ0v) is 20.9. The summed E-state index contributed by atoms with van der Waals surface area (Å²) in [5, 5.41) is 0. The van der Waals surface area contributed by atoms with Crippen molar-refractivity contribution in [1.82, 2.24) is 0 Å². The lowest BCUT2D eigenvalue weighted by Crippen LogP contribution is -2.24. The number of hydrogen-bond acceptors (Lipinski definition) is 6. The van der Waals surface area contributed by atoms with Crippen LogP contribution in [0.4, 0.5) is 0 Å². The predicted molar refractivity (Wildman–Crippen MR) is 126 cm³/mol.